The highest BCUT2D eigenvalue weighted by Gasteiger charge is 2.12. The van der Waals surface area contributed by atoms with E-state index in [1.54, 1.807) is 6.08 Å². The summed E-state index contributed by atoms with van der Waals surface area (Å²) in [6.07, 6.45) is 9.24. The first-order valence-electron chi connectivity index (χ1n) is 14.4. The number of allylic oxidation sites excluding steroid dienone is 4. The van der Waals surface area contributed by atoms with Crippen LogP contribution in [0.5, 0.6) is 0 Å². The Hall–Kier alpha value is -3.14. The van der Waals surface area contributed by atoms with Gasteiger partial charge >= 0.3 is 0 Å². The third-order valence-corrected chi connectivity index (χ3v) is 6.10. The van der Waals surface area contributed by atoms with Crippen LogP contribution in [0.1, 0.15) is 72.4 Å². The van der Waals surface area contributed by atoms with Crippen molar-refractivity contribution in [3.05, 3.63) is 98.0 Å². The van der Waals surface area contributed by atoms with Crippen molar-refractivity contribution in [1.82, 2.24) is 9.80 Å². The summed E-state index contributed by atoms with van der Waals surface area (Å²) in [5.74, 6) is 0.641. The Balaban J connectivity index is -0.00000112. The molecule has 0 aliphatic rings. The third-order valence-electron chi connectivity index (χ3n) is 6.10. The van der Waals surface area contributed by atoms with Gasteiger partial charge in [0.05, 0.1) is 5.76 Å². The molecule has 1 aromatic carbocycles. The van der Waals surface area contributed by atoms with Crippen LogP contribution in [0, 0.1) is 12.8 Å². The average molecular weight is 540 g/mol. The lowest BCUT2D eigenvalue weighted by atomic mass is 9.98. The highest BCUT2D eigenvalue weighted by atomic mass is 16.3. The van der Waals surface area contributed by atoms with Crippen LogP contribution in [0.4, 0.5) is 5.69 Å². The van der Waals surface area contributed by atoms with Gasteiger partial charge in [0.2, 0.25) is 0 Å². The second-order valence-electron chi connectivity index (χ2n) is 8.92. The molecule has 0 aliphatic carbocycles. The summed E-state index contributed by atoms with van der Waals surface area (Å²) in [6.45, 7) is 39.5. The van der Waals surface area contributed by atoms with Crippen LogP contribution in [0.15, 0.2) is 86.9 Å². The van der Waals surface area contributed by atoms with E-state index >= 15 is 0 Å². The fraction of sp³-hybridized carbons (Fsp3) is 0.486. The summed E-state index contributed by atoms with van der Waals surface area (Å²) in [5, 5.41) is 8.29. The van der Waals surface area contributed by atoms with Gasteiger partial charge in [-0.2, -0.15) is 0 Å². The normalized spacial score (nSPS) is 10.3. The lowest BCUT2D eigenvalue weighted by Gasteiger charge is -2.27. The molecule has 1 N–H and O–H groups in total. The standard InChI is InChI=1S/C26H41N3.C5H8O.2C2H6/c1-10-13-21(4)22(5)16-17-27(8)24(7)26-15-14-25(20-23(26)6)28(9)18-19-29(11-2)12-3;1-3-4-5(2)6;2*1-2/h10-11,13-15,20,22H,2,4,7,12,16-19H2,1,3,5-6,8-9H3;3,6H,1-2,4H2;2*1-2H3/b13-10-;;;. The maximum atomic E-state index is 8.29. The summed E-state index contributed by atoms with van der Waals surface area (Å²) >= 11 is 0. The first-order valence-corrected chi connectivity index (χ1v) is 14.4. The van der Waals surface area contributed by atoms with E-state index in [4.69, 9.17) is 5.11 Å². The van der Waals surface area contributed by atoms with Crippen molar-refractivity contribution in [2.75, 3.05) is 45.2 Å². The van der Waals surface area contributed by atoms with E-state index in [0.717, 1.165) is 38.3 Å². The van der Waals surface area contributed by atoms with Crippen molar-refractivity contribution in [1.29, 1.82) is 0 Å². The van der Waals surface area contributed by atoms with Gasteiger partial charge in [0.1, 0.15) is 0 Å². The SMILES string of the molecule is C=CCC(=C)O.C=CN(CC)CCN(C)c1ccc(C(=C)N(C)CCC(C)C(=C)/C=C\C)c(C)c1.CC.CC. The number of aliphatic hydroxyl groups excluding tert-OH is 1. The minimum atomic E-state index is 0.171. The van der Waals surface area contributed by atoms with Crippen molar-refractivity contribution >= 4 is 11.4 Å². The number of aryl methyl sites for hydroxylation is 1. The zero-order valence-electron chi connectivity index (χ0n) is 27.2. The predicted octanol–water partition coefficient (Wildman–Crippen LogP) is 9.64. The number of hydrogen-bond acceptors (Lipinski definition) is 4. The molecule has 222 valence electrons. The van der Waals surface area contributed by atoms with Gasteiger partial charge in [0.25, 0.3) is 0 Å². The number of hydrogen-bond donors (Lipinski definition) is 1. The van der Waals surface area contributed by atoms with Gasteiger partial charge in [-0.15, -0.1) is 6.58 Å². The molecule has 4 heteroatoms. The van der Waals surface area contributed by atoms with Crippen molar-refractivity contribution in [3.8, 4) is 0 Å². The van der Waals surface area contributed by atoms with Crippen LogP contribution in [0.2, 0.25) is 0 Å². The predicted molar refractivity (Wildman–Crippen MR) is 181 cm³/mol. The Bertz CT molecular complexity index is 869. The summed E-state index contributed by atoms with van der Waals surface area (Å²) in [4.78, 5) is 6.78. The molecule has 0 fully saturated rings. The largest absolute Gasteiger partial charge is 0.513 e. The molecule has 0 aliphatic heterocycles. The quantitative estimate of drug-likeness (QED) is 0.136. The first-order chi connectivity index (χ1) is 18.5. The molecule has 4 nitrogen and oxygen atoms in total. The molecule has 0 heterocycles. The van der Waals surface area contributed by atoms with Crippen LogP contribution in [0.25, 0.3) is 5.70 Å². The van der Waals surface area contributed by atoms with Gasteiger partial charge in [0.15, 0.2) is 0 Å². The van der Waals surface area contributed by atoms with E-state index in [1.165, 1.54) is 22.4 Å². The maximum absolute atomic E-state index is 8.29. The molecule has 1 unspecified atom stereocenters. The Labute approximate surface area is 243 Å². The van der Waals surface area contributed by atoms with Gasteiger partial charge < -0.3 is 19.8 Å². The van der Waals surface area contributed by atoms with Crippen LogP contribution in [0.3, 0.4) is 0 Å². The van der Waals surface area contributed by atoms with E-state index in [2.05, 4.69) is 113 Å². The zero-order chi connectivity index (χ0) is 31.0. The third kappa shape index (κ3) is 17.9. The van der Waals surface area contributed by atoms with Gasteiger partial charge in [-0.3, -0.25) is 0 Å². The van der Waals surface area contributed by atoms with Crippen molar-refractivity contribution in [2.45, 2.75) is 68.2 Å². The number of anilines is 1. The monoisotopic (exact) mass is 539 g/mol. The minimum absolute atomic E-state index is 0.171. The lowest BCUT2D eigenvalue weighted by molar-refractivity contribution is 0.404. The Kier molecular flexibility index (Phi) is 26.0. The number of likely N-dealkylation sites (N-methyl/N-ethyl adjacent to an activating group) is 2. The van der Waals surface area contributed by atoms with E-state index in [-0.39, 0.29) is 5.76 Å². The lowest BCUT2D eigenvalue weighted by Crippen LogP contribution is -2.30. The summed E-state index contributed by atoms with van der Waals surface area (Å²) in [6, 6.07) is 6.66. The van der Waals surface area contributed by atoms with E-state index in [9.17, 15) is 0 Å². The van der Waals surface area contributed by atoms with Crippen molar-refractivity contribution in [2.24, 2.45) is 5.92 Å². The minimum Gasteiger partial charge on any atom is -0.513 e. The molecule has 39 heavy (non-hydrogen) atoms. The Morgan fingerprint density at radius 3 is 2.00 bits per heavy atom. The average Bonchev–Trinajstić information content (AvgIpc) is 2.94. The smallest absolute Gasteiger partial charge is 0.0888 e. The number of nitrogens with zero attached hydrogens (tertiary/aromatic N) is 3. The molecule has 0 saturated carbocycles. The van der Waals surface area contributed by atoms with Gasteiger partial charge in [-0.25, -0.2) is 0 Å². The first kappa shape index (κ1) is 40.4. The number of aliphatic hydroxyl groups is 1. The zero-order valence-corrected chi connectivity index (χ0v) is 27.2. The number of benzene rings is 1. The Morgan fingerprint density at radius 2 is 1.59 bits per heavy atom. The molecule has 1 aromatic rings. The van der Waals surface area contributed by atoms with E-state index < -0.39 is 0 Å². The molecule has 0 saturated heterocycles. The topological polar surface area (TPSA) is 30.0 Å². The Morgan fingerprint density at radius 1 is 1.00 bits per heavy atom. The van der Waals surface area contributed by atoms with Gasteiger partial charge in [-0.1, -0.05) is 90.8 Å². The molecule has 0 radical (unpaired) electrons. The van der Waals surface area contributed by atoms with E-state index in [0.29, 0.717) is 12.3 Å². The molecule has 1 rings (SSSR count). The molecular formula is C35H61N3O. The van der Waals surface area contributed by atoms with Crippen molar-refractivity contribution in [3.63, 3.8) is 0 Å². The van der Waals surface area contributed by atoms with Crippen LogP contribution in [-0.2, 0) is 0 Å². The highest BCUT2D eigenvalue weighted by Crippen LogP contribution is 2.25. The molecule has 0 amide bonds. The van der Waals surface area contributed by atoms with E-state index in [1.807, 2.05) is 40.8 Å². The van der Waals surface area contributed by atoms with Crippen molar-refractivity contribution < 1.29 is 5.11 Å². The summed E-state index contributed by atoms with van der Waals surface area (Å²) < 4.78 is 0. The second-order valence-corrected chi connectivity index (χ2v) is 8.92. The molecule has 0 spiro atoms. The van der Waals surface area contributed by atoms with Gasteiger partial charge in [-0.05, 0) is 57.0 Å². The highest BCUT2D eigenvalue weighted by molar-refractivity contribution is 5.67. The van der Waals surface area contributed by atoms with Crippen LogP contribution in [-0.4, -0.2) is 55.2 Å². The molecule has 0 bridgehead atoms. The maximum Gasteiger partial charge on any atom is 0.0888 e. The van der Waals surface area contributed by atoms with Crippen LogP contribution < -0.4 is 4.90 Å². The van der Waals surface area contributed by atoms with Gasteiger partial charge in [0, 0.05) is 63.6 Å². The number of rotatable bonds is 15. The molecular weight excluding hydrogens is 478 g/mol. The fourth-order valence-corrected chi connectivity index (χ4v) is 3.45. The molecule has 1 atom stereocenters. The fourth-order valence-electron chi connectivity index (χ4n) is 3.45. The molecule has 0 aromatic heterocycles. The van der Waals surface area contributed by atoms with Crippen LogP contribution >= 0.6 is 0 Å². The summed E-state index contributed by atoms with van der Waals surface area (Å²) in [5.41, 5.74) is 5.97. The second kappa shape index (κ2) is 25.2. The summed E-state index contributed by atoms with van der Waals surface area (Å²) in [7, 11) is 4.27.